The Morgan fingerprint density at radius 1 is 1.06 bits per heavy atom. The van der Waals surface area contributed by atoms with Gasteiger partial charge in [0.25, 0.3) is 5.91 Å². The maximum atomic E-state index is 12.3. The number of benzene rings is 1. The number of amides is 3. The molecule has 18 heavy (non-hydrogen) atoms. The zero-order chi connectivity index (χ0) is 13.5. The average molecular weight is 246 g/mol. The second-order valence-electron chi connectivity index (χ2n) is 5.60. The van der Waals surface area contributed by atoms with Crippen molar-refractivity contribution in [1.29, 1.82) is 0 Å². The van der Waals surface area contributed by atoms with E-state index in [0.717, 1.165) is 5.56 Å². The minimum absolute atomic E-state index is 0.149. The van der Waals surface area contributed by atoms with Crippen LogP contribution in [0.4, 0.5) is 10.5 Å². The lowest BCUT2D eigenvalue weighted by Gasteiger charge is -2.30. The van der Waals surface area contributed by atoms with Gasteiger partial charge in [0.1, 0.15) is 6.54 Å². The number of hydrogen-bond acceptors (Lipinski definition) is 2. The van der Waals surface area contributed by atoms with Gasteiger partial charge in [-0.05, 0) is 39.8 Å². The Kier molecular flexibility index (Phi) is 2.89. The van der Waals surface area contributed by atoms with E-state index in [1.54, 1.807) is 17.0 Å². The molecule has 0 atom stereocenters. The van der Waals surface area contributed by atoms with E-state index in [1.165, 1.54) is 4.90 Å². The van der Waals surface area contributed by atoms with Crippen LogP contribution in [-0.4, -0.2) is 28.9 Å². The second-order valence-corrected chi connectivity index (χ2v) is 5.60. The highest BCUT2D eigenvalue weighted by Gasteiger charge is 2.42. The first-order valence-electron chi connectivity index (χ1n) is 6.02. The molecule has 0 unspecified atom stereocenters. The Balaban J connectivity index is 2.33. The van der Waals surface area contributed by atoms with E-state index in [0.29, 0.717) is 5.69 Å². The molecule has 1 aromatic carbocycles. The molecule has 0 radical (unpaired) electrons. The zero-order valence-electron chi connectivity index (χ0n) is 11.2. The molecule has 0 bridgehead atoms. The highest BCUT2D eigenvalue weighted by Crippen LogP contribution is 2.26. The van der Waals surface area contributed by atoms with Crippen molar-refractivity contribution in [3.63, 3.8) is 0 Å². The lowest BCUT2D eigenvalue weighted by atomic mass is 10.1. The number of aryl methyl sites for hydroxylation is 1. The van der Waals surface area contributed by atoms with Gasteiger partial charge < -0.3 is 4.90 Å². The van der Waals surface area contributed by atoms with Gasteiger partial charge in [0.15, 0.2) is 0 Å². The normalized spacial score (nSPS) is 16.7. The van der Waals surface area contributed by atoms with Gasteiger partial charge in [-0.2, -0.15) is 0 Å². The van der Waals surface area contributed by atoms with Crippen LogP contribution in [0.25, 0.3) is 0 Å². The molecule has 4 nitrogen and oxygen atoms in total. The molecule has 1 fully saturated rings. The molecule has 1 aliphatic heterocycles. The topological polar surface area (TPSA) is 40.6 Å². The van der Waals surface area contributed by atoms with Crippen LogP contribution in [0.3, 0.4) is 0 Å². The smallest absolute Gasteiger partial charge is 0.310 e. The van der Waals surface area contributed by atoms with Gasteiger partial charge in [-0.3, -0.25) is 4.79 Å². The van der Waals surface area contributed by atoms with E-state index in [2.05, 4.69) is 0 Å². The molecule has 96 valence electrons. The molecule has 0 aromatic heterocycles. The Morgan fingerprint density at radius 3 is 2.06 bits per heavy atom. The van der Waals surface area contributed by atoms with Crippen molar-refractivity contribution < 1.29 is 9.59 Å². The fourth-order valence-corrected chi connectivity index (χ4v) is 1.97. The maximum absolute atomic E-state index is 12.3. The van der Waals surface area contributed by atoms with Crippen molar-refractivity contribution in [2.75, 3.05) is 11.4 Å². The number of imide groups is 1. The van der Waals surface area contributed by atoms with E-state index < -0.39 is 0 Å². The summed E-state index contributed by atoms with van der Waals surface area (Å²) >= 11 is 0. The summed E-state index contributed by atoms with van der Waals surface area (Å²) in [5, 5.41) is 0. The molecule has 0 aliphatic carbocycles. The Morgan fingerprint density at radius 2 is 1.61 bits per heavy atom. The second kappa shape index (κ2) is 4.12. The third-order valence-electron chi connectivity index (χ3n) is 3.07. The molecule has 1 heterocycles. The van der Waals surface area contributed by atoms with Crippen LogP contribution in [-0.2, 0) is 4.79 Å². The number of anilines is 1. The fourth-order valence-electron chi connectivity index (χ4n) is 1.97. The largest absolute Gasteiger partial charge is 0.332 e. The lowest BCUT2D eigenvalue weighted by Crippen LogP contribution is -2.44. The lowest BCUT2D eigenvalue weighted by molar-refractivity contribution is -0.117. The van der Waals surface area contributed by atoms with Gasteiger partial charge >= 0.3 is 6.03 Å². The van der Waals surface area contributed by atoms with Crippen LogP contribution >= 0.6 is 0 Å². The minimum atomic E-state index is -0.341. The van der Waals surface area contributed by atoms with Crippen LogP contribution < -0.4 is 4.90 Å². The minimum Gasteiger partial charge on any atom is -0.310 e. The number of carbonyl (C=O) groups is 2. The van der Waals surface area contributed by atoms with Crippen molar-refractivity contribution in [2.45, 2.75) is 33.2 Å². The van der Waals surface area contributed by atoms with Gasteiger partial charge in [0.2, 0.25) is 0 Å². The Labute approximate surface area is 107 Å². The standard InChI is InChI=1S/C14H18N2O2/c1-10-5-7-11(8-6-10)16-12(17)9-15(13(16)18)14(2,3)4/h5-8H,9H2,1-4H3. The molecule has 1 aromatic rings. The highest BCUT2D eigenvalue weighted by molar-refractivity contribution is 6.20. The first kappa shape index (κ1) is 12.6. The van der Waals surface area contributed by atoms with Crippen molar-refractivity contribution in [1.82, 2.24) is 4.90 Å². The van der Waals surface area contributed by atoms with Gasteiger partial charge in [-0.25, -0.2) is 9.69 Å². The first-order chi connectivity index (χ1) is 8.30. The quantitative estimate of drug-likeness (QED) is 0.714. The molecular formula is C14H18N2O2. The van der Waals surface area contributed by atoms with Crippen molar-refractivity contribution in [3.8, 4) is 0 Å². The fraction of sp³-hybridized carbons (Fsp3) is 0.429. The van der Waals surface area contributed by atoms with Crippen LogP contribution in [0.1, 0.15) is 26.3 Å². The Hall–Kier alpha value is -1.84. The summed E-state index contributed by atoms with van der Waals surface area (Å²) in [6, 6.07) is 7.16. The number of urea groups is 1. The molecule has 1 aliphatic rings. The van der Waals surface area contributed by atoms with Gasteiger partial charge in [-0.15, -0.1) is 0 Å². The molecule has 3 amide bonds. The number of nitrogens with zero attached hydrogens (tertiary/aromatic N) is 2. The van der Waals surface area contributed by atoms with Crippen LogP contribution in [0.15, 0.2) is 24.3 Å². The summed E-state index contributed by atoms with van der Waals surface area (Å²) in [6.45, 7) is 7.90. The number of carbonyl (C=O) groups excluding carboxylic acids is 2. The van der Waals surface area contributed by atoms with Gasteiger partial charge in [-0.1, -0.05) is 17.7 Å². The Bertz CT molecular complexity index is 486. The van der Waals surface area contributed by atoms with Gasteiger partial charge in [0, 0.05) is 5.54 Å². The van der Waals surface area contributed by atoms with Crippen molar-refractivity contribution in [3.05, 3.63) is 29.8 Å². The molecule has 0 N–H and O–H groups in total. The third kappa shape index (κ3) is 2.10. The van der Waals surface area contributed by atoms with Crippen molar-refractivity contribution in [2.24, 2.45) is 0 Å². The highest BCUT2D eigenvalue weighted by atomic mass is 16.2. The van der Waals surface area contributed by atoms with E-state index >= 15 is 0 Å². The average Bonchev–Trinajstić information content (AvgIpc) is 2.56. The van der Waals surface area contributed by atoms with E-state index in [4.69, 9.17) is 0 Å². The van der Waals surface area contributed by atoms with E-state index in [1.807, 2.05) is 39.8 Å². The molecule has 0 saturated carbocycles. The predicted molar refractivity (Wildman–Crippen MR) is 70.5 cm³/mol. The molecule has 2 rings (SSSR count). The molecule has 0 spiro atoms. The van der Waals surface area contributed by atoms with Crippen LogP contribution in [0.2, 0.25) is 0 Å². The summed E-state index contributed by atoms with van der Waals surface area (Å²) in [4.78, 5) is 27.1. The summed E-state index contributed by atoms with van der Waals surface area (Å²) in [7, 11) is 0. The molecular weight excluding hydrogens is 228 g/mol. The SMILES string of the molecule is Cc1ccc(N2C(=O)CN(C(C)(C)C)C2=O)cc1. The zero-order valence-corrected chi connectivity index (χ0v) is 11.2. The number of hydrogen-bond donors (Lipinski definition) is 0. The van der Waals surface area contributed by atoms with Gasteiger partial charge in [0.05, 0.1) is 5.69 Å². The summed E-state index contributed by atoms with van der Waals surface area (Å²) in [6.07, 6.45) is 0. The van der Waals surface area contributed by atoms with Crippen molar-refractivity contribution >= 4 is 17.6 Å². The van der Waals surface area contributed by atoms with Crippen LogP contribution in [0, 0.1) is 6.92 Å². The summed E-state index contributed by atoms with van der Waals surface area (Å²) in [5.41, 5.74) is 1.40. The van der Waals surface area contributed by atoms with E-state index in [-0.39, 0.29) is 24.0 Å². The van der Waals surface area contributed by atoms with Crippen LogP contribution in [0.5, 0.6) is 0 Å². The third-order valence-corrected chi connectivity index (χ3v) is 3.07. The molecule has 1 saturated heterocycles. The number of rotatable bonds is 1. The first-order valence-corrected chi connectivity index (χ1v) is 6.02. The van der Waals surface area contributed by atoms with E-state index in [9.17, 15) is 9.59 Å². The maximum Gasteiger partial charge on any atom is 0.332 e. The monoisotopic (exact) mass is 246 g/mol. The molecule has 4 heteroatoms. The summed E-state index contributed by atoms with van der Waals surface area (Å²) in [5.74, 6) is -0.168. The predicted octanol–water partition coefficient (Wildman–Crippen LogP) is 2.56. The summed E-state index contributed by atoms with van der Waals surface area (Å²) < 4.78 is 0.